The van der Waals surface area contributed by atoms with Crippen LogP contribution in [0.5, 0.6) is 0 Å². The number of aliphatic hydroxyl groups is 1. The lowest BCUT2D eigenvalue weighted by molar-refractivity contribution is -0.130. The Labute approximate surface area is 85.1 Å². The van der Waals surface area contributed by atoms with Crippen molar-refractivity contribution in [1.82, 2.24) is 4.90 Å². The summed E-state index contributed by atoms with van der Waals surface area (Å²) in [7, 11) is 0. The Kier molecular flexibility index (Phi) is 2.77. The van der Waals surface area contributed by atoms with Crippen LogP contribution in [0.2, 0.25) is 0 Å². The molecule has 3 heteroatoms. The quantitative estimate of drug-likeness (QED) is 0.718. The second-order valence-electron chi connectivity index (χ2n) is 4.67. The molecule has 0 spiro atoms. The van der Waals surface area contributed by atoms with Crippen molar-refractivity contribution >= 4 is 5.91 Å². The van der Waals surface area contributed by atoms with Crippen LogP contribution in [0.4, 0.5) is 0 Å². The van der Waals surface area contributed by atoms with Gasteiger partial charge >= 0.3 is 0 Å². The molecule has 2 rings (SSSR count). The molecule has 1 unspecified atom stereocenters. The minimum absolute atomic E-state index is 0.0934. The van der Waals surface area contributed by atoms with Crippen LogP contribution in [0.1, 0.15) is 32.6 Å². The lowest BCUT2D eigenvalue weighted by atomic mass is 9.89. The van der Waals surface area contributed by atoms with E-state index in [1.165, 1.54) is 12.8 Å². The van der Waals surface area contributed by atoms with E-state index in [4.69, 9.17) is 0 Å². The van der Waals surface area contributed by atoms with Gasteiger partial charge in [0.1, 0.15) is 0 Å². The van der Waals surface area contributed by atoms with Gasteiger partial charge in [-0.2, -0.15) is 0 Å². The lowest BCUT2D eigenvalue weighted by Crippen LogP contribution is -2.40. The van der Waals surface area contributed by atoms with Crippen molar-refractivity contribution in [3.05, 3.63) is 0 Å². The van der Waals surface area contributed by atoms with E-state index in [-0.39, 0.29) is 12.0 Å². The summed E-state index contributed by atoms with van der Waals surface area (Å²) in [6.45, 7) is 3.30. The molecule has 80 valence electrons. The van der Waals surface area contributed by atoms with Gasteiger partial charge in [-0.05, 0) is 37.5 Å². The number of likely N-dealkylation sites (tertiary alicyclic amines) is 1. The van der Waals surface area contributed by atoms with Gasteiger partial charge in [0.05, 0.1) is 6.10 Å². The zero-order chi connectivity index (χ0) is 10.1. The first kappa shape index (κ1) is 9.97. The second kappa shape index (κ2) is 3.89. The first-order chi connectivity index (χ1) is 6.68. The largest absolute Gasteiger partial charge is 0.393 e. The molecule has 1 N–H and O–H groups in total. The average molecular weight is 197 g/mol. The molecule has 0 aromatic heterocycles. The van der Waals surface area contributed by atoms with Gasteiger partial charge in [-0.1, -0.05) is 0 Å². The van der Waals surface area contributed by atoms with Crippen molar-refractivity contribution in [2.75, 3.05) is 13.1 Å². The summed E-state index contributed by atoms with van der Waals surface area (Å²) in [4.78, 5) is 13.0. The summed E-state index contributed by atoms with van der Waals surface area (Å²) in [5.41, 5.74) is 0. The van der Waals surface area contributed by atoms with Crippen molar-refractivity contribution in [3.8, 4) is 0 Å². The SMILES string of the molecule is CC(=O)N1CCC(C(O)C2CC2)CC1. The Balaban J connectivity index is 1.80. The summed E-state index contributed by atoms with van der Waals surface area (Å²) < 4.78 is 0. The van der Waals surface area contributed by atoms with Crippen LogP contribution in [0.25, 0.3) is 0 Å². The first-order valence-corrected chi connectivity index (χ1v) is 5.62. The van der Waals surface area contributed by atoms with Crippen LogP contribution in [0.3, 0.4) is 0 Å². The molecule has 1 heterocycles. The maximum absolute atomic E-state index is 11.1. The summed E-state index contributed by atoms with van der Waals surface area (Å²) in [6, 6.07) is 0. The Morgan fingerprint density at radius 2 is 1.71 bits per heavy atom. The fourth-order valence-electron chi connectivity index (χ4n) is 2.38. The third kappa shape index (κ3) is 2.08. The number of nitrogens with zero attached hydrogens (tertiary/aromatic N) is 1. The number of amides is 1. The summed E-state index contributed by atoms with van der Waals surface area (Å²) >= 11 is 0. The highest BCUT2D eigenvalue weighted by molar-refractivity contribution is 5.73. The zero-order valence-electron chi connectivity index (χ0n) is 8.78. The minimum Gasteiger partial charge on any atom is -0.393 e. The molecule has 0 aromatic rings. The maximum Gasteiger partial charge on any atom is 0.219 e. The van der Waals surface area contributed by atoms with Gasteiger partial charge in [0.25, 0.3) is 0 Å². The van der Waals surface area contributed by atoms with Gasteiger partial charge in [-0.25, -0.2) is 0 Å². The van der Waals surface area contributed by atoms with Crippen LogP contribution in [0, 0.1) is 11.8 Å². The van der Waals surface area contributed by atoms with Crippen LogP contribution < -0.4 is 0 Å². The van der Waals surface area contributed by atoms with Crippen molar-refractivity contribution < 1.29 is 9.90 Å². The number of carbonyl (C=O) groups excluding carboxylic acids is 1. The molecule has 1 aliphatic heterocycles. The van der Waals surface area contributed by atoms with E-state index in [1.807, 2.05) is 4.90 Å². The van der Waals surface area contributed by atoms with Crippen LogP contribution in [-0.4, -0.2) is 35.1 Å². The van der Waals surface area contributed by atoms with Crippen molar-refractivity contribution in [1.29, 1.82) is 0 Å². The Hall–Kier alpha value is -0.570. The van der Waals surface area contributed by atoms with Gasteiger partial charge in [-0.3, -0.25) is 4.79 Å². The second-order valence-corrected chi connectivity index (χ2v) is 4.67. The van der Waals surface area contributed by atoms with Crippen LogP contribution in [-0.2, 0) is 4.79 Å². The molecular weight excluding hydrogens is 178 g/mol. The monoisotopic (exact) mass is 197 g/mol. The average Bonchev–Trinajstić information content (AvgIpc) is 3.00. The fraction of sp³-hybridized carbons (Fsp3) is 0.909. The highest BCUT2D eigenvalue weighted by Crippen LogP contribution is 2.38. The summed E-state index contributed by atoms with van der Waals surface area (Å²) in [6.07, 6.45) is 4.28. The molecule has 1 saturated carbocycles. The third-order valence-corrected chi connectivity index (χ3v) is 3.57. The molecule has 0 bridgehead atoms. The number of rotatable bonds is 2. The van der Waals surface area contributed by atoms with Gasteiger partial charge in [0.2, 0.25) is 5.91 Å². The molecule has 2 aliphatic rings. The standard InChI is InChI=1S/C11H19NO2/c1-8(13)12-6-4-10(5-7-12)11(14)9-2-3-9/h9-11,14H,2-7H2,1H3. The van der Waals surface area contributed by atoms with Gasteiger partial charge < -0.3 is 10.0 Å². The Morgan fingerprint density at radius 3 is 2.14 bits per heavy atom. The number of hydrogen-bond donors (Lipinski definition) is 1. The highest BCUT2D eigenvalue weighted by Gasteiger charge is 2.36. The molecular formula is C11H19NO2. The van der Waals surface area contributed by atoms with E-state index in [1.54, 1.807) is 6.92 Å². The number of piperidine rings is 1. The van der Waals surface area contributed by atoms with Crippen molar-refractivity contribution in [2.45, 2.75) is 38.7 Å². The number of hydrogen-bond acceptors (Lipinski definition) is 2. The van der Waals surface area contributed by atoms with E-state index < -0.39 is 0 Å². The molecule has 14 heavy (non-hydrogen) atoms. The first-order valence-electron chi connectivity index (χ1n) is 5.62. The van der Waals surface area contributed by atoms with Crippen molar-refractivity contribution in [3.63, 3.8) is 0 Å². The highest BCUT2D eigenvalue weighted by atomic mass is 16.3. The fourth-order valence-corrected chi connectivity index (χ4v) is 2.38. The van der Waals surface area contributed by atoms with E-state index in [0.29, 0.717) is 11.8 Å². The predicted molar refractivity (Wildman–Crippen MR) is 53.7 cm³/mol. The molecule has 1 saturated heterocycles. The van der Waals surface area contributed by atoms with Gasteiger partial charge in [-0.15, -0.1) is 0 Å². The van der Waals surface area contributed by atoms with E-state index >= 15 is 0 Å². The summed E-state index contributed by atoms with van der Waals surface area (Å²) in [5.74, 6) is 1.19. The number of aliphatic hydroxyl groups excluding tert-OH is 1. The van der Waals surface area contributed by atoms with E-state index in [0.717, 1.165) is 25.9 Å². The molecule has 1 atom stereocenters. The topological polar surface area (TPSA) is 40.5 Å². The van der Waals surface area contributed by atoms with Gasteiger partial charge in [0.15, 0.2) is 0 Å². The number of carbonyl (C=O) groups is 1. The molecule has 0 radical (unpaired) electrons. The zero-order valence-corrected chi connectivity index (χ0v) is 8.78. The Bertz CT molecular complexity index is 217. The van der Waals surface area contributed by atoms with Crippen LogP contribution in [0.15, 0.2) is 0 Å². The van der Waals surface area contributed by atoms with Gasteiger partial charge in [0, 0.05) is 20.0 Å². The third-order valence-electron chi connectivity index (χ3n) is 3.57. The van der Waals surface area contributed by atoms with Crippen LogP contribution >= 0.6 is 0 Å². The summed E-state index contributed by atoms with van der Waals surface area (Å²) in [5, 5.41) is 9.94. The minimum atomic E-state index is -0.0934. The predicted octanol–water partition coefficient (Wildman–Crippen LogP) is 1.02. The molecule has 0 aromatic carbocycles. The normalized spacial score (nSPS) is 26.3. The molecule has 1 amide bonds. The molecule has 1 aliphatic carbocycles. The molecule has 3 nitrogen and oxygen atoms in total. The van der Waals surface area contributed by atoms with Crippen molar-refractivity contribution in [2.24, 2.45) is 11.8 Å². The smallest absolute Gasteiger partial charge is 0.219 e. The maximum atomic E-state index is 11.1. The van der Waals surface area contributed by atoms with E-state index in [9.17, 15) is 9.90 Å². The van der Waals surface area contributed by atoms with E-state index in [2.05, 4.69) is 0 Å². The lowest BCUT2D eigenvalue weighted by Gasteiger charge is -2.33. The molecule has 2 fully saturated rings. The Morgan fingerprint density at radius 1 is 1.21 bits per heavy atom.